The van der Waals surface area contributed by atoms with E-state index >= 15 is 0 Å². The minimum Gasteiger partial charge on any atom is -0.490 e. The molecule has 5 nitrogen and oxygen atoms in total. The van der Waals surface area contributed by atoms with Crippen molar-refractivity contribution in [2.75, 3.05) is 38.7 Å². The van der Waals surface area contributed by atoms with E-state index in [1.54, 1.807) is 7.11 Å². The largest absolute Gasteiger partial charge is 0.490 e. The third-order valence-corrected chi connectivity index (χ3v) is 4.59. The molecule has 0 unspecified atom stereocenters. The number of piperidine rings is 1. The van der Waals surface area contributed by atoms with Crippen LogP contribution in [0.15, 0.2) is 54.6 Å². The molecule has 0 aromatic heterocycles. The minimum absolute atomic E-state index is 0.0381. The lowest BCUT2D eigenvalue weighted by molar-refractivity contribution is 0.0711. The fraction of sp³-hybridized carbons (Fsp3) is 0.381. The van der Waals surface area contributed by atoms with Crippen molar-refractivity contribution >= 4 is 11.6 Å². The van der Waals surface area contributed by atoms with Gasteiger partial charge in [-0.3, -0.25) is 4.79 Å². The number of methoxy groups -OCH3 is 1. The predicted octanol–water partition coefficient (Wildman–Crippen LogP) is 3.43. The van der Waals surface area contributed by atoms with Gasteiger partial charge in [0.15, 0.2) is 0 Å². The van der Waals surface area contributed by atoms with Gasteiger partial charge in [0.05, 0.1) is 12.2 Å². The molecule has 2 aromatic carbocycles. The number of carbonyl (C=O) groups is 1. The summed E-state index contributed by atoms with van der Waals surface area (Å²) in [6.07, 6.45) is 1.88. The van der Waals surface area contributed by atoms with Crippen molar-refractivity contribution in [1.29, 1.82) is 0 Å². The van der Waals surface area contributed by atoms with E-state index in [0.29, 0.717) is 30.6 Å². The fourth-order valence-electron chi connectivity index (χ4n) is 3.17. The number of nitrogens with zero attached hydrogens (tertiary/aromatic N) is 1. The second-order valence-electron chi connectivity index (χ2n) is 6.41. The zero-order valence-electron chi connectivity index (χ0n) is 15.2. The maximum absolute atomic E-state index is 12.9. The van der Waals surface area contributed by atoms with E-state index in [9.17, 15) is 4.79 Å². The molecule has 1 fully saturated rings. The van der Waals surface area contributed by atoms with Gasteiger partial charge in [0.25, 0.3) is 5.91 Å². The highest BCUT2D eigenvalue weighted by Crippen LogP contribution is 2.23. The summed E-state index contributed by atoms with van der Waals surface area (Å²) in [5, 5.41) is 3.55. The second-order valence-corrected chi connectivity index (χ2v) is 6.41. The molecule has 1 saturated heterocycles. The van der Waals surface area contributed by atoms with Gasteiger partial charge >= 0.3 is 0 Å². The SMILES string of the molecule is COCCOc1ccccc1C(=O)N1CCC(Nc2ccccc2)CC1. The van der Waals surface area contributed by atoms with E-state index in [2.05, 4.69) is 17.4 Å². The van der Waals surface area contributed by atoms with Crippen LogP contribution in [0.2, 0.25) is 0 Å². The molecule has 0 aliphatic carbocycles. The first kappa shape index (κ1) is 18.3. The van der Waals surface area contributed by atoms with Crippen LogP contribution < -0.4 is 10.1 Å². The molecule has 1 amide bonds. The normalized spacial score (nSPS) is 14.9. The summed E-state index contributed by atoms with van der Waals surface area (Å²) in [5.74, 6) is 0.662. The van der Waals surface area contributed by atoms with Crippen LogP contribution in [0.25, 0.3) is 0 Å². The highest BCUT2D eigenvalue weighted by atomic mass is 16.5. The van der Waals surface area contributed by atoms with Gasteiger partial charge in [-0.15, -0.1) is 0 Å². The van der Waals surface area contributed by atoms with E-state index in [-0.39, 0.29) is 5.91 Å². The first-order valence-electron chi connectivity index (χ1n) is 9.09. The Hall–Kier alpha value is -2.53. The number of hydrogen-bond acceptors (Lipinski definition) is 4. The standard InChI is InChI=1S/C21H26N2O3/c1-25-15-16-26-20-10-6-5-9-19(20)21(24)23-13-11-18(12-14-23)22-17-7-3-2-4-8-17/h2-10,18,22H,11-16H2,1H3. The van der Waals surface area contributed by atoms with Crippen molar-refractivity contribution in [2.24, 2.45) is 0 Å². The van der Waals surface area contributed by atoms with Gasteiger partial charge < -0.3 is 19.7 Å². The van der Waals surface area contributed by atoms with E-state index < -0.39 is 0 Å². The molecule has 3 rings (SSSR count). The van der Waals surface area contributed by atoms with Crippen LogP contribution in [0.5, 0.6) is 5.75 Å². The topological polar surface area (TPSA) is 50.8 Å². The average Bonchev–Trinajstić information content (AvgIpc) is 2.69. The molecule has 1 N–H and O–H groups in total. The Bertz CT molecular complexity index is 697. The summed E-state index contributed by atoms with van der Waals surface area (Å²) in [6.45, 7) is 2.43. The number of rotatable bonds is 7. The lowest BCUT2D eigenvalue weighted by atomic mass is 10.0. The zero-order valence-corrected chi connectivity index (χ0v) is 15.2. The molecule has 26 heavy (non-hydrogen) atoms. The molecule has 0 atom stereocenters. The molecule has 2 aromatic rings. The highest BCUT2D eigenvalue weighted by molar-refractivity contribution is 5.97. The quantitative estimate of drug-likeness (QED) is 0.774. The summed E-state index contributed by atoms with van der Waals surface area (Å²) >= 11 is 0. The molecule has 1 heterocycles. The van der Waals surface area contributed by atoms with Crippen LogP contribution in [0.3, 0.4) is 0 Å². The van der Waals surface area contributed by atoms with Crippen molar-refractivity contribution in [3.8, 4) is 5.75 Å². The monoisotopic (exact) mass is 354 g/mol. The summed E-state index contributed by atoms with van der Waals surface area (Å²) in [5.41, 5.74) is 1.76. The molecular formula is C21H26N2O3. The zero-order chi connectivity index (χ0) is 18.2. The Labute approximate surface area is 154 Å². The summed E-state index contributed by atoms with van der Waals surface area (Å²) < 4.78 is 10.7. The molecular weight excluding hydrogens is 328 g/mol. The summed E-state index contributed by atoms with van der Waals surface area (Å²) in [7, 11) is 1.63. The first-order valence-corrected chi connectivity index (χ1v) is 9.09. The number of amides is 1. The Morgan fingerprint density at radius 2 is 1.73 bits per heavy atom. The maximum Gasteiger partial charge on any atom is 0.257 e. The van der Waals surface area contributed by atoms with Gasteiger partial charge in [0, 0.05) is 31.9 Å². The van der Waals surface area contributed by atoms with Gasteiger partial charge in [-0.25, -0.2) is 0 Å². The molecule has 0 radical (unpaired) electrons. The Kier molecular flexibility index (Phi) is 6.50. The van der Waals surface area contributed by atoms with Crippen LogP contribution in [0, 0.1) is 0 Å². The van der Waals surface area contributed by atoms with Crippen LogP contribution in [0.4, 0.5) is 5.69 Å². The minimum atomic E-state index is 0.0381. The maximum atomic E-state index is 12.9. The fourth-order valence-corrected chi connectivity index (χ4v) is 3.17. The average molecular weight is 354 g/mol. The number of para-hydroxylation sites is 2. The van der Waals surface area contributed by atoms with Crippen LogP contribution in [-0.4, -0.2) is 50.3 Å². The lowest BCUT2D eigenvalue weighted by Gasteiger charge is -2.33. The molecule has 138 valence electrons. The third kappa shape index (κ3) is 4.76. The highest BCUT2D eigenvalue weighted by Gasteiger charge is 2.25. The van der Waals surface area contributed by atoms with E-state index in [4.69, 9.17) is 9.47 Å². The smallest absolute Gasteiger partial charge is 0.257 e. The van der Waals surface area contributed by atoms with E-state index in [1.165, 1.54) is 0 Å². The number of hydrogen-bond donors (Lipinski definition) is 1. The number of benzene rings is 2. The van der Waals surface area contributed by atoms with E-state index in [0.717, 1.165) is 31.6 Å². The second kappa shape index (κ2) is 9.25. The predicted molar refractivity (Wildman–Crippen MR) is 103 cm³/mol. The van der Waals surface area contributed by atoms with Crippen LogP contribution >= 0.6 is 0 Å². The van der Waals surface area contributed by atoms with Crippen LogP contribution in [0.1, 0.15) is 23.2 Å². The molecule has 0 spiro atoms. The van der Waals surface area contributed by atoms with Gasteiger partial charge in [0.2, 0.25) is 0 Å². The van der Waals surface area contributed by atoms with Crippen molar-refractivity contribution < 1.29 is 14.3 Å². The molecule has 5 heteroatoms. The van der Waals surface area contributed by atoms with Crippen molar-refractivity contribution in [3.63, 3.8) is 0 Å². The number of nitrogens with one attached hydrogen (secondary N) is 1. The molecule has 1 aliphatic heterocycles. The van der Waals surface area contributed by atoms with Crippen LogP contribution in [-0.2, 0) is 4.74 Å². The van der Waals surface area contributed by atoms with Crippen molar-refractivity contribution in [1.82, 2.24) is 4.90 Å². The molecule has 0 saturated carbocycles. The molecule has 1 aliphatic rings. The number of carbonyl (C=O) groups excluding carboxylic acids is 1. The van der Waals surface area contributed by atoms with Gasteiger partial charge in [-0.2, -0.15) is 0 Å². The Morgan fingerprint density at radius 3 is 2.46 bits per heavy atom. The summed E-state index contributed by atoms with van der Waals surface area (Å²) in [4.78, 5) is 14.8. The van der Waals surface area contributed by atoms with Gasteiger partial charge in [0.1, 0.15) is 12.4 Å². The van der Waals surface area contributed by atoms with Gasteiger partial charge in [-0.1, -0.05) is 30.3 Å². The molecule has 0 bridgehead atoms. The Morgan fingerprint density at radius 1 is 1.04 bits per heavy atom. The third-order valence-electron chi connectivity index (χ3n) is 4.59. The lowest BCUT2D eigenvalue weighted by Crippen LogP contribution is -2.42. The number of likely N-dealkylation sites (tertiary alicyclic amines) is 1. The summed E-state index contributed by atoms with van der Waals surface area (Å²) in [6, 6.07) is 18.0. The number of anilines is 1. The van der Waals surface area contributed by atoms with Gasteiger partial charge in [-0.05, 0) is 37.1 Å². The number of ether oxygens (including phenoxy) is 2. The first-order chi connectivity index (χ1) is 12.8. The van der Waals surface area contributed by atoms with E-state index in [1.807, 2.05) is 47.4 Å². The van der Waals surface area contributed by atoms with Crippen molar-refractivity contribution in [3.05, 3.63) is 60.2 Å². The van der Waals surface area contributed by atoms with Crippen molar-refractivity contribution in [2.45, 2.75) is 18.9 Å². The Balaban J connectivity index is 1.57.